The van der Waals surface area contributed by atoms with Crippen LogP contribution in [0.4, 0.5) is 18.9 Å². The third-order valence-electron chi connectivity index (χ3n) is 5.92. The Kier molecular flexibility index (Phi) is 11.4. The first-order valence-corrected chi connectivity index (χ1v) is 15.0. The van der Waals surface area contributed by atoms with E-state index in [-0.39, 0.29) is 40.2 Å². The van der Waals surface area contributed by atoms with Crippen LogP contribution in [0.1, 0.15) is 37.9 Å². The highest BCUT2D eigenvalue weighted by Crippen LogP contribution is 2.34. The van der Waals surface area contributed by atoms with Crippen molar-refractivity contribution in [3.05, 3.63) is 71.8 Å². The molecule has 0 bridgehead atoms. The number of alkyl halides is 3. The highest BCUT2D eigenvalue weighted by molar-refractivity contribution is 7.89. The Bertz CT molecular complexity index is 1680. The summed E-state index contributed by atoms with van der Waals surface area (Å²) in [6, 6.07) is 11.7. The number of hydrazine groups is 1. The Morgan fingerprint density at radius 3 is 2.22 bits per heavy atom. The Balaban J connectivity index is 2.02. The van der Waals surface area contributed by atoms with Crippen molar-refractivity contribution in [3.8, 4) is 23.0 Å². The molecule has 0 saturated heterocycles. The van der Waals surface area contributed by atoms with Gasteiger partial charge in [0.1, 0.15) is 23.4 Å². The minimum atomic E-state index is -5.35. The number of amides is 1. The summed E-state index contributed by atoms with van der Waals surface area (Å²) < 4.78 is 85.5. The molecule has 0 saturated carbocycles. The highest BCUT2D eigenvalue weighted by Gasteiger charge is 2.42. The van der Waals surface area contributed by atoms with E-state index < -0.39 is 45.7 Å². The molecule has 0 aliphatic rings. The SMILES string of the molecule is CCOc1cc(C(Nc2ccc(C(=N)N)c(OC(=O)C(F)(F)F)c2)C(=O)NNS(=O)(=O)c2ccc(OC)cc2)ccc1OC(C)C. The van der Waals surface area contributed by atoms with Crippen LogP contribution < -0.4 is 40.3 Å². The maximum atomic E-state index is 13.5. The number of hydrogen-bond donors (Lipinski definition) is 5. The van der Waals surface area contributed by atoms with Crippen molar-refractivity contribution in [2.24, 2.45) is 5.73 Å². The zero-order valence-corrected chi connectivity index (χ0v) is 25.8. The van der Waals surface area contributed by atoms with Crippen molar-refractivity contribution in [2.45, 2.75) is 44.0 Å². The van der Waals surface area contributed by atoms with Crippen LogP contribution in [-0.2, 0) is 19.6 Å². The van der Waals surface area contributed by atoms with Crippen molar-refractivity contribution in [1.82, 2.24) is 10.3 Å². The van der Waals surface area contributed by atoms with Crippen LogP contribution in [0.5, 0.6) is 23.0 Å². The molecule has 17 heteroatoms. The van der Waals surface area contributed by atoms with Crippen molar-refractivity contribution in [3.63, 3.8) is 0 Å². The molecule has 1 unspecified atom stereocenters. The monoisotopic (exact) mass is 667 g/mol. The zero-order chi connectivity index (χ0) is 34.2. The number of benzene rings is 3. The summed E-state index contributed by atoms with van der Waals surface area (Å²) in [5, 5.41) is 10.4. The second kappa shape index (κ2) is 14.8. The van der Waals surface area contributed by atoms with Crippen LogP contribution in [0.15, 0.2) is 65.6 Å². The number of nitrogens with one attached hydrogen (secondary N) is 4. The van der Waals surface area contributed by atoms with Crippen molar-refractivity contribution < 1.29 is 50.1 Å². The summed E-state index contributed by atoms with van der Waals surface area (Å²) in [6.45, 7) is 5.54. The van der Waals surface area contributed by atoms with Crippen LogP contribution in [0.2, 0.25) is 0 Å². The molecule has 13 nitrogen and oxygen atoms in total. The summed E-state index contributed by atoms with van der Waals surface area (Å²) in [5.41, 5.74) is 7.41. The fourth-order valence-electron chi connectivity index (χ4n) is 3.87. The molecule has 1 amide bonds. The Hall–Kier alpha value is -5.03. The van der Waals surface area contributed by atoms with Crippen LogP contribution in [0, 0.1) is 5.41 Å². The second-order valence-corrected chi connectivity index (χ2v) is 11.3. The highest BCUT2D eigenvalue weighted by atomic mass is 32.2. The molecule has 0 heterocycles. The molecule has 0 aliphatic heterocycles. The molecule has 0 spiro atoms. The van der Waals surface area contributed by atoms with Crippen LogP contribution in [0.3, 0.4) is 0 Å². The van der Waals surface area contributed by atoms with Gasteiger partial charge in [-0.05, 0) is 74.9 Å². The number of carbonyl (C=O) groups excluding carboxylic acids is 2. The van der Waals surface area contributed by atoms with Gasteiger partial charge in [-0.1, -0.05) is 6.07 Å². The zero-order valence-electron chi connectivity index (χ0n) is 25.0. The molecule has 3 aromatic carbocycles. The second-order valence-electron chi connectivity index (χ2n) is 9.67. The summed E-state index contributed by atoms with van der Waals surface area (Å²) in [7, 11) is -2.86. The number of hydrogen-bond acceptors (Lipinski definition) is 10. The Morgan fingerprint density at radius 2 is 1.65 bits per heavy atom. The first-order valence-electron chi connectivity index (χ1n) is 13.5. The minimum absolute atomic E-state index is 0.0615. The van der Waals surface area contributed by atoms with Gasteiger partial charge in [-0.25, -0.2) is 13.2 Å². The van der Waals surface area contributed by atoms with Gasteiger partial charge >= 0.3 is 12.1 Å². The predicted molar refractivity (Wildman–Crippen MR) is 160 cm³/mol. The smallest absolute Gasteiger partial charge is 0.491 e. The number of nitrogens with two attached hydrogens (primary N) is 1. The quantitative estimate of drug-likeness (QED) is 0.0556. The predicted octanol–water partition coefficient (Wildman–Crippen LogP) is 3.80. The number of anilines is 1. The van der Waals surface area contributed by atoms with Gasteiger partial charge in [-0.15, -0.1) is 4.83 Å². The van der Waals surface area contributed by atoms with Crippen LogP contribution in [0.25, 0.3) is 0 Å². The van der Waals surface area contributed by atoms with E-state index in [1.165, 1.54) is 55.6 Å². The summed E-state index contributed by atoms with van der Waals surface area (Å²) >= 11 is 0. The molecule has 3 aromatic rings. The van der Waals surface area contributed by atoms with E-state index in [2.05, 4.69) is 15.5 Å². The normalized spacial score (nSPS) is 12.2. The van der Waals surface area contributed by atoms with Gasteiger partial charge in [0.25, 0.3) is 15.9 Å². The number of nitrogen functional groups attached to an aromatic ring is 1. The molecule has 1 atom stereocenters. The van der Waals surface area contributed by atoms with E-state index in [0.29, 0.717) is 11.5 Å². The number of sulfonamides is 1. The maximum absolute atomic E-state index is 13.5. The average Bonchev–Trinajstić information content (AvgIpc) is 2.99. The summed E-state index contributed by atoms with van der Waals surface area (Å²) in [6.07, 6.45) is -5.58. The third kappa shape index (κ3) is 9.24. The van der Waals surface area contributed by atoms with Gasteiger partial charge in [0, 0.05) is 11.8 Å². The van der Waals surface area contributed by atoms with Gasteiger partial charge in [0.15, 0.2) is 11.5 Å². The minimum Gasteiger partial charge on any atom is -0.497 e. The van der Waals surface area contributed by atoms with Crippen molar-refractivity contribution in [1.29, 1.82) is 5.41 Å². The fourth-order valence-corrected chi connectivity index (χ4v) is 4.72. The molecule has 6 N–H and O–H groups in total. The first kappa shape index (κ1) is 35.4. The topological polar surface area (TPSA) is 191 Å². The van der Waals surface area contributed by atoms with E-state index in [9.17, 15) is 31.2 Å². The molecular weight excluding hydrogens is 635 g/mol. The number of amidine groups is 1. The van der Waals surface area contributed by atoms with Gasteiger partial charge in [0.05, 0.1) is 30.3 Å². The van der Waals surface area contributed by atoms with Gasteiger partial charge in [-0.3, -0.25) is 15.6 Å². The van der Waals surface area contributed by atoms with E-state index in [4.69, 9.17) is 25.4 Å². The number of methoxy groups -OCH3 is 1. The largest absolute Gasteiger partial charge is 0.497 e. The number of esters is 1. The molecule has 0 aliphatic carbocycles. The number of halogens is 3. The molecular formula is C29H32F3N5O8S. The molecule has 3 rings (SSSR count). The molecule has 248 valence electrons. The van der Waals surface area contributed by atoms with Crippen LogP contribution in [-0.4, -0.2) is 52.1 Å². The lowest BCUT2D eigenvalue weighted by atomic mass is 10.0. The van der Waals surface area contributed by atoms with Gasteiger partial charge in [-0.2, -0.15) is 13.2 Å². The lowest BCUT2D eigenvalue weighted by Gasteiger charge is -2.23. The average molecular weight is 668 g/mol. The van der Waals surface area contributed by atoms with E-state index >= 15 is 0 Å². The van der Waals surface area contributed by atoms with Gasteiger partial charge in [0.2, 0.25) is 0 Å². The Labute approximate surface area is 262 Å². The van der Waals surface area contributed by atoms with Crippen LogP contribution >= 0.6 is 0 Å². The number of ether oxygens (including phenoxy) is 4. The Morgan fingerprint density at radius 1 is 0.978 bits per heavy atom. The van der Waals surface area contributed by atoms with Crippen molar-refractivity contribution in [2.75, 3.05) is 19.0 Å². The molecule has 46 heavy (non-hydrogen) atoms. The van der Waals surface area contributed by atoms with E-state index in [1.807, 2.05) is 4.83 Å². The third-order valence-corrected chi connectivity index (χ3v) is 7.18. The van der Waals surface area contributed by atoms with Crippen molar-refractivity contribution >= 4 is 33.4 Å². The molecule has 0 radical (unpaired) electrons. The summed E-state index contributed by atoms with van der Waals surface area (Å²) in [4.78, 5) is 26.9. The first-order chi connectivity index (χ1) is 21.5. The number of rotatable bonds is 14. The maximum Gasteiger partial charge on any atom is 0.491 e. The molecule has 0 fully saturated rings. The number of carbonyl (C=O) groups is 2. The molecule has 0 aromatic heterocycles. The van der Waals surface area contributed by atoms with E-state index in [0.717, 1.165) is 12.1 Å². The summed E-state index contributed by atoms with van der Waals surface area (Å²) in [5.74, 6) is -3.92. The standard InChI is InChI=1S/C29H32F3N5O8S/c1-5-43-24-14-17(6-13-22(24)44-16(2)3)25(27(38)36-37-46(40,41)20-10-8-19(42-4)9-11-20)35-18-7-12-21(26(33)34)23(15-18)45-28(39)29(30,31)32/h6-16,25,35,37H,5H2,1-4H3,(H3,33,34)(H,36,38). The van der Waals surface area contributed by atoms with E-state index in [1.54, 1.807) is 20.8 Å². The lowest BCUT2D eigenvalue weighted by Crippen LogP contribution is -2.45. The van der Waals surface area contributed by atoms with Gasteiger partial charge < -0.3 is 30.0 Å². The lowest BCUT2D eigenvalue weighted by molar-refractivity contribution is -0.189. The fraction of sp³-hybridized carbons (Fsp3) is 0.276.